The molecule has 24 heavy (non-hydrogen) atoms. The number of hydrogen-bond donors (Lipinski definition) is 2. The van der Waals surface area contributed by atoms with Crippen molar-refractivity contribution >= 4 is 5.69 Å². The highest BCUT2D eigenvalue weighted by Gasteiger charge is 2.29. The highest BCUT2D eigenvalue weighted by Crippen LogP contribution is 2.39. The quantitative estimate of drug-likeness (QED) is 0.742. The van der Waals surface area contributed by atoms with E-state index < -0.39 is 0 Å². The van der Waals surface area contributed by atoms with Gasteiger partial charge in [0.2, 0.25) is 0 Å². The molecule has 0 bridgehead atoms. The second-order valence-electron chi connectivity index (χ2n) is 6.16. The Morgan fingerprint density at radius 3 is 2.25 bits per heavy atom. The average Bonchev–Trinajstić information content (AvgIpc) is 2.62. The van der Waals surface area contributed by atoms with Crippen LogP contribution in [-0.4, -0.2) is 16.8 Å². The number of phenolic OH excluding ortho intramolecular Hbond substituents is 2. The lowest BCUT2D eigenvalue weighted by Gasteiger charge is -2.39. The lowest BCUT2D eigenvalue weighted by molar-refractivity contribution is 0.473. The maximum Gasteiger partial charge on any atom is 0.115 e. The number of rotatable bonds is 2. The summed E-state index contributed by atoms with van der Waals surface area (Å²) in [6.07, 6.45) is 0.896. The highest BCUT2D eigenvalue weighted by molar-refractivity contribution is 5.56. The van der Waals surface area contributed by atoms with E-state index in [-0.39, 0.29) is 11.8 Å². The molecule has 4 rings (SSSR count). The van der Waals surface area contributed by atoms with Crippen molar-refractivity contribution in [1.29, 1.82) is 0 Å². The standard InChI is InChI=1S/C21H19NO2/c23-18-8-6-15(7-9-18)21-20-11-10-19(24)14-16(20)12-13-22(21)17-4-2-1-3-5-17/h1-11,14,21,23-24H,12-13H2. The molecule has 0 radical (unpaired) electrons. The van der Waals surface area contributed by atoms with Crippen LogP contribution in [0.25, 0.3) is 0 Å². The summed E-state index contributed by atoms with van der Waals surface area (Å²) in [5, 5.41) is 19.4. The van der Waals surface area contributed by atoms with Crippen molar-refractivity contribution in [3.63, 3.8) is 0 Å². The van der Waals surface area contributed by atoms with Crippen molar-refractivity contribution in [2.75, 3.05) is 11.4 Å². The van der Waals surface area contributed by atoms with Crippen LogP contribution in [0.2, 0.25) is 0 Å². The molecule has 3 aromatic carbocycles. The first-order chi connectivity index (χ1) is 11.7. The first-order valence-corrected chi connectivity index (χ1v) is 8.15. The average molecular weight is 317 g/mol. The number of fused-ring (bicyclic) bond motifs is 1. The van der Waals surface area contributed by atoms with Crippen LogP contribution in [0.15, 0.2) is 72.8 Å². The van der Waals surface area contributed by atoms with Gasteiger partial charge < -0.3 is 15.1 Å². The van der Waals surface area contributed by atoms with Gasteiger partial charge in [-0.3, -0.25) is 0 Å². The first-order valence-electron chi connectivity index (χ1n) is 8.15. The zero-order chi connectivity index (χ0) is 16.5. The van der Waals surface area contributed by atoms with Gasteiger partial charge in [0.15, 0.2) is 0 Å². The van der Waals surface area contributed by atoms with E-state index in [1.807, 2.05) is 30.3 Å². The number of anilines is 1. The maximum atomic E-state index is 9.82. The molecule has 120 valence electrons. The predicted molar refractivity (Wildman–Crippen MR) is 95.5 cm³/mol. The van der Waals surface area contributed by atoms with Gasteiger partial charge in [-0.15, -0.1) is 0 Å². The molecular formula is C21H19NO2. The van der Waals surface area contributed by atoms with Gasteiger partial charge >= 0.3 is 0 Å². The summed E-state index contributed by atoms with van der Waals surface area (Å²) in [6.45, 7) is 0.881. The van der Waals surface area contributed by atoms with Crippen LogP contribution in [0, 0.1) is 0 Å². The lowest BCUT2D eigenvalue weighted by atomic mass is 9.87. The van der Waals surface area contributed by atoms with Crippen LogP contribution in [0.4, 0.5) is 5.69 Å². The minimum atomic E-state index is 0.0670. The summed E-state index contributed by atoms with van der Waals surface area (Å²) >= 11 is 0. The van der Waals surface area contributed by atoms with Crippen LogP contribution < -0.4 is 4.90 Å². The van der Waals surface area contributed by atoms with E-state index in [0.717, 1.165) is 18.5 Å². The predicted octanol–water partition coefficient (Wildman–Crippen LogP) is 4.25. The lowest BCUT2D eigenvalue weighted by Crippen LogP contribution is -2.36. The van der Waals surface area contributed by atoms with Crippen molar-refractivity contribution in [1.82, 2.24) is 0 Å². The summed E-state index contributed by atoms with van der Waals surface area (Å²) in [7, 11) is 0. The molecule has 1 atom stereocenters. The topological polar surface area (TPSA) is 43.7 Å². The largest absolute Gasteiger partial charge is 0.508 e. The Morgan fingerprint density at radius 1 is 0.792 bits per heavy atom. The summed E-state index contributed by atoms with van der Waals surface area (Å²) in [5.41, 5.74) is 4.69. The number of aromatic hydroxyl groups is 2. The number of para-hydroxylation sites is 1. The number of hydrogen-bond acceptors (Lipinski definition) is 3. The molecule has 0 aliphatic carbocycles. The van der Waals surface area contributed by atoms with Gasteiger partial charge in [0.25, 0.3) is 0 Å². The zero-order valence-electron chi connectivity index (χ0n) is 13.3. The van der Waals surface area contributed by atoms with Gasteiger partial charge in [0.1, 0.15) is 11.5 Å². The maximum absolute atomic E-state index is 9.82. The molecule has 0 amide bonds. The fourth-order valence-electron chi connectivity index (χ4n) is 3.53. The Bertz CT molecular complexity index is 843. The Kier molecular flexibility index (Phi) is 3.62. The molecule has 0 fully saturated rings. The molecule has 2 N–H and O–H groups in total. The highest BCUT2D eigenvalue weighted by atomic mass is 16.3. The molecule has 3 nitrogen and oxygen atoms in total. The van der Waals surface area contributed by atoms with Crippen molar-refractivity contribution in [2.45, 2.75) is 12.5 Å². The molecule has 3 heteroatoms. The molecular weight excluding hydrogens is 298 g/mol. The van der Waals surface area contributed by atoms with E-state index in [1.165, 1.54) is 16.8 Å². The zero-order valence-corrected chi connectivity index (χ0v) is 13.3. The number of nitrogens with zero attached hydrogens (tertiary/aromatic N) is 1. The van der Waals surface area contributed by atoms with Crippen molar-refractivity contribution in [3.8, 4) is 11.5 Å². The van der Waals surface area contributed by atoms with Gasteiger partial charge in [-0.2, -0.15) is 0 Å². The summed E-state index contributed by atoms with van der Waals surface area (Å²) in [5.74, 6) is 0.582. The fourth-order valence-corrected chi connectivity index (χ4v) is 3.53. The molecule has 1 aliphatic heterocycles. The van der Waals surface area contributed by atoms with Gasteiger partial charge in [0, 0.05) is 12.2 Å². The monoisotopic (exact) mass is 317 g/mol. The van der Waals surface area contributed by atoms with Crippen LogP contribution >= 0.6 is 0 Å². The Balaban J connectivity index is 1.86. The fraction of sp³-hybridized carbons (Fsp3) is 0.143. The molecule has 1 unspecified atom stereocenters. The minimum Gasteiger partial charge on any atom is -0.508 e. The third-order valence-electron chi connectivity index (χ3n) is 4.65. The van der Waals surface area contributed by atoms with Gasteiger partial charge in [0.05, 0.1) is 6.04 Å². The van der Waals surface area contributed by atoms with E-state index in [9.17, 15) is 10.2 Å². The van der Waals surface area contributed by atoms with E-state index in [2.05, 4.69) is 29.2 Å². The summed E-state index contributed by atoms with van der Waals surface area (Å²) < 4.78 is 0. The molecule has 0 spiro atoms. The number of phenols is 2. The van der Waals surface area contributed by atoms with Gasteiger partial charge in [-0.25, -0.2) is 0 Å². The van der Waals surface area contributed by atoms with Crippen LogP contribution in [0.1, 0.15) is 22.7 Å². The van der Waals surface area contributed by atoms with Gasteiger partial charge in [-0.05, 0) is 59.5 Å². The van der Waals surface area contributed by atoms with Crippen molar-refractivity contribution in [2.24, 2.45) is 0 Å². The van der Waals surface area contributed by atoms with E-state index in [4.69, 9.17) is 0 Å². The molecule has 0 saturated heterocycles. The normalized spacial score (nSPS) is 16.7. The third kappa shape index (κ3) is 2.58. The number of benzene rings is 3. The van der Waals surface area contributed by atoms with Crippen LogP contribution in [-0.2, 0) is 6.42 Å². The SMILES string of the molecule is Oc1ccc(C2c3ccc(O)cc3CCN2c2ccccc2)cc1. The minimum absolute atomic E-state index is 0.0670. The van der Waals surface area contributed by atoms with E-state index in [0.29, 0.717) is 5.75 Å². The molecule has 1 heterocycles. The van der Waals surface area contributed by atoms with Crippen molar-refractivity contribution < 1.29 is 10.2 Å². The molecule has 1 aliphatic rings. The molecule has 0 saturated carbocycles. The first kappa shape index (κ1) is 14.6. The molecule has 0 aromatic heterocycles. The van der Waals surface area contributed by atoms with Gasteiger partial charge in [-0.1, -0.05) is 36.4 Å². The van der Waals surface area contributed by atoms with Crippen LogP contribution in [0.3, 0.4) is 0 Å². The Hall–Kier alpha value is -2.94. The molecule has 3 aromatic rings. The second kappa shape index (κ2) is 5.93. The summed E-state index contributed by atoms with van der Waals surface area (Å²) in [4.78, 5) is 2.38. The smallest absolute Gasteiger partial charge is 0.115 e. The van der Waals surface area contributed by atoms with Crippen molar-refractivity contribution in [3.05, 3.63) is 89.5 Å². The Labute approximate surface area is 141 Å². The second-order valence-corrected chi connectivity index (χ2v) is 6.16. The van der Waals surface area contributed by atoms with E-state index in [1.54, 1.807) is 18.2 Å². The third-order valence-corrected chi connectivity index (χ3v) is 4.65. The van der Waals surface area contributed by atoms with Crippen LogP contribution in [0.5, 0.6) is 11.5 Å². The van der Waals surface area contributed by atoms with E-state index >= 15 is 0 Å². The summed E-state index contributed by atoms with van der Waals surface area (Å²) in [6, 6.07) is 23.5. The Morgan fingerprint density at radius 2 is 1.50 bits per heavy atom.